The van der Waals surface area contributed by atoms with Crippen LogP contribution in [0.2, 0.25) is 0 Å². The van der Waals surface area contributed by atoms with Gasteiger partial charge in [-0.1, -0.05) is 18.7 Å². The van der Waals surface area contributed by atoms with Gasteiger partial charge in [-0.25, -0.2) is 4.98 Å². The summed E-state index contributed by atoms with van der Waals surface area (Å²) < 4.78 is 11.4. The van der Waals surface area contributed by atoms with E-state index in [1.54, 1.807) is 6.92 Å². The fourth-order valence-corrected chi connectivity index (χ4v) is 2.59. The molecule has 0 saturated heterocycles. The van der Waals surface area contributed by atoms with Crippen LogP contribution in [0.1, 0.15) is 26.0 Å². The Morgan fingerprint density at radius 1 is 1.26 bits per heavy atom. The van der Waals surface area contributed by atoms with E-state index < -0.39 is 0 Å². The predicted octanol–water partition coefficient (Wildman–Crippen LogP) is 3.43. The van der Waals surface area contributed by atoms with E-state index >= 15 is 0 Å². The molecule has 1 aromatic carbocycles. The molecule has 1 heterocycles. The van der Waals surface area contributed by atoms with Gasteiger partial charge >= 0.3 is 0 Å². The maximum atomic E-state index is 11.3. The lowest BCUT2D eigenvalue weighted by Gasteiger charge is -2.13. The topological polar surface area (TPSA) is 64.2 Å². The maximum absolute atomic E-state index is 11.3. The van der Waals surface area contributed by atoms with Crippen molar-refractivity contribution in [1.82, 2.24) is 9.97 Å². The summed E-state index contributed by atoms with van der Waals surface area (Å²) in [5, 5.41) is 0.621. The highest BCUT2D eigenvalue weighted by Gasteiger charge is 2.02. The smallest absolute Gasteiger partial charge is 0.251 e. The van der Waals surface area contributed by atoms with Crippen molar-refractivity contribution in [2.45, 2.75) is 38.5 Å². The van der Waals surface area contributed by atoms with E-state index in [1.165, 1.54) is 17.8 Å². The molecule has 0 aliphatic carbocycles. The molecule has 5 nitrogen and oxygen atoms in total. The summed E-state index contributed by atoms with van der Waals surface area (Å²) >= 11 is 1.47. The van der Waals surface area contributed by atoms with Gasteiger partial charge in [-0.05, 0) is 44.5 Å². The van der Waals surface area contributed by atoms with E-state index in [9.17, 15) is 4.79 Å². The number of hydrogen-bond acceptors (Lipinski definition) is 5. The normalized spacial score (nSPS) is 12.0. The van der Waals surface area contributed by atoms with Crippen LogP contribution in [0.3, 0.4) is 0 Å². The minimum absolute atomic E-state index is 0.127. The first kappa shape index (κ1) is 17.4. The van der Waals surface area contributed by atoms with Crippen molar-refractivity contribution in [3.8, 4) is 11.5 Å². The van der Waals surface area contributed by atoms with Gasteiger partial charge in [-0.15, -0.1) is 0 Å². The highest BCUT2D eigenvalue weighted by Crippen LogP contribution is 2.20. The Kier molecular flexibility index (Phi) is 6.52. The Bertz CT molecular complexity index is 670. The summed E-state index contributed by atoms with van der Waals surface area (Å²) in [5.41, 5.74) is 0.590. The number of aromatic amines is 1. The quantitative estimate of drug-likeness (QED) is 0.455. The molecule has 0 spiro atoms. The minimum atomic E-state index is -0.127. The van der Waals surface area contributed by atoms with Crippen LogP contribution in [0.25, 0.3) is 0 Å². The summed E-state index contributed by atoms with van der Waals surface area (Å²) in [6.07, 6.45) is 1.19. The SMILES string of the molecule is CC[C@H](C)Oc1ccc(OCCSc2nc(C)cc(=O)[nH]2)cc1. The van der Waals surface area contributed by atoms with E-state index in [0.717, 1.165) is 17.9 Å². The molecular weight excluding hydrogens is 312 g/mol. The van der Waals surface area contributed by atoms with Crippen molar-refractivity contribution in [3.05, 3.63) is 46.4 Å². The van der Waals surface area contributed by atoms with Crippen molar-refractivity contribution in [2.75, 3.05) is 12.4 Å². The number of ether oxygens (including phenoxy) is 2. The summed E-state index contributed by atoms with van der Waals surface area (Å²) in [5.74, 6) is 2.35. The molecule has 0 fully saturated rings. The van der Waals surface area contributed by atoms with Crippen molar-refractivity contribution in [1.29, 1.82) is 0 Å². The maximum Gasteiger partial charge on any atom is 0.251 e. The first-order chi connectivity index (χ1) is 11.1. The van der Waals surface area contributed by atoms with E-state index in [-0.39, 0.29) is 11.7 Å². The highest BCUT2D eigenvalue weighted by molar-refractivity contribution is 7.99. The molecule has 0 amide bonds. The van der Waals surface area contributed by atoms with Crippen LogP contribution < -0.4 is 15.0 Å². The van der Waals surface area contributed by atoms with Crippen molar-refractivity contribution in [2.24, 2.45) is 0 Å². The second-order valence-corrected chi connectivity index (χ2v) is 6.28. The largest absolute Gasteiger partial charge is 0.493 e. The summed E-state index contributed by atoms with van der Waals surface area (Å²) in [4.78, 5) is 18.3. The Balaban J connectivity index is 1.76. The van der Waals surface area contributed by atoms with Gasteiger partial charge in [0.15, 0.2) is 5.16 Å². The number of thioether (sulfide) groups is 1. The summed E-state index contributed by atoms with van der Waals surface area (Å²) in [6.45, 7) is 6.48. The van der Waals surface area contributed by atoms with Crippen LogP contribution in [0, 0.1) is 6.92 Å². The lowest BCUT2D eigenvalue weighted by molar-refractivity contribution is 0.217. The molecule has 23 heavy (non-hydrogen) atoms. The first-order valence-electron chi connectivity index (χ1n) is 7.67. The van der Waals surface area contributed by atoms with E-state index in [1.807, 2.05) is 31.2 Å². The molecule has 2 aromatic rings. The fourth-order valence-electron chi connectivity index (χ4n) is 1.85. The Morgan fingerprint density at radius 2 is 1.96 bits per heavy atom. The zero-order valence-electron chi connectivity index (χ0n) is 13.7. The molecule has 6 heteroatoms. The fraction of sp³-hybridized carbons (Fsp3) is 0.412. The van der Waals surface area contributed by atoms with E-state index in [4.69, 9.17) is 9.47 Å². The molecule has 0 aliphatic heterocycles. The van der Waals surface area contributed by atoms with Crippen LogP contribution >= 0.6 is 11.8 Å². The average molecular weight is 334 g/mol. The van der Waals surface area contributed by atoms with E-state index in [2.05, 4.69) is 16.9 Å². The lowest BCUT2D eigenvalue weighted by Crippen LogP contribution is -2.10. The van der Waals surface area contributed by atoms with Crippen LogP contribution in [0.15, 0.2) is 40.3 Å². The summed E-state index contributed by atoms with van der Waals surface area (Å²) in [7, 11) is 0. The number of nitrogens with one attached hydrogen (secondary N) is 1. The first-order valence-corrected chi connectivity index (χ1v) is 8.65. The van der Waals surface area contributed by atoms with Gasteiger partial charge in [0.05, 0.1) is 12.7 Å². The number of H-pyrrole nitrogens is 1. The highest BCUT2D eigenvalue weighted by atomic mass is 32.2. The van der Waals surface area contributed by atoms with Crippen LogP contribution in [-0.4, -0.2) is 28.4 Å². The Morgan fingerprint density at radius 3 is 2.61 bits per heavy atom. The third kappa shape index (κ3) is 5.98. The molecule has 1 N–H and O–H groups in total. The van der Waals surface area contributed by atoms with Gasteiger partial charge in [0.25, 0.3) is 5.56 Å². The molecule has 124 valence electrons. The third-order valence-corrected chi connectivity index (χ3v) is 4.01. The van der Waals surface area contributed by atoms with Gasteiger partial charge in [-0.3, -0.25) is 4.79 Å². The standard InChI is InChI=1S/C17H22N2O3S/c1-4-13(3)22-15-7-5-14(6-8-15)21-9-10-23-17-18-12(2)11-16(20)19-17/h5-8,11,13H,4,9-10H2,1-3H3,(H,18,19,20)/t13-/m0/s1. The van der Waals surface area contributed by atoms with Gasteiger partial charge in [0.2, 0.25) is 0 Å². The van der Waals surface area contributed by atoms with Gasteiger partial charge in [-0.2, -0.15) is 0 Å². The van der Waals surface area contributed by atoms with Crippen LogP contribution in [0.5, 0.6) is 11.5 Å². The van der Waals surface area contributed by atoms with Gasteiger partial charge in [0.1, 0.15) is 11.5 Å². The number of benzene rings is 1. The van der Waals surface area contributed by atoms with Gasteiger partial charge < -0.3 is 14.5 Å². The monoisotopic (exact) mass is 334 g/mol. The third-order valence-electron chi connectivity index (χ3n) is 3.17. The molecule has 1 aromatic heterocycles. The number of aryl methyl sites for hydroxylation is 1. The zero-order valence-corrected chi connectivity index (χ0v) is 14.5. The molecular formula is C17H22N2O3S. The molecule has 0 saturated carbocycles. The Labute approximate surface area is 140 Å². The number of aromatic nitrogens is 2. The second-order valence-electron chi connectivity index (χ2n) is 5.20. The molecule has 1 atom stereocenters. The second kappa shape index (κ2) is 8.62. The van der Waals surface area contributed by atoms with Crippen LogP contribution in [-0.2, 0) is 0 Å². The van der Waals surface area contributed by atoms with Crippen molar-refractivity contribution >= 4 is 11.8 Å². The van der Waals surface area contributed by atoms with E-state index in [0.29, 0.717) is 23.2 Å². The molecule has 0 aliphatic rings. The van der Waals surface area contributed by atoms with Crippen molar-refractivity contribution < 1.29 is 9.47 Å². The number of nitrogens with zero attached hydrogens (tertiary/aromatic N) is 1. The molecule has 0 radical (unpaired) electrons. The molecule has 0 bridgehead atoms. The summed E-state index contributed by atoms with van der Waals surface area (Å²) in [6, 6.07) is 9.09. The molecule has 0 unspecified atom stereocenters. The average Bonchev–Trinajstić information content (AvgIpc) is 2.52. The van der Waals surface area contributed by atoms with Gasteiger partial charge in [0, 0.05) is 17.5 Å². The zero-order chi connectivity index (χ0) is 16.7. The van der Waals surface area contributed by atoms with Crippen LogP contribution in [0.4, 0.5) is 0 Å². The van der Waals surface area contributed by atoms with Crippen molar-refractivity contribution in [3.63, 3.8) is 0 Å². The minimum Gasteiger partial charge on any atom is -0.493 e. The lowest BCUT2D eigenvalue weighted by atomic mass is 10.3. The Hall–Kier alpha value is -1.95. The molecule has 2 rings (SSSR count). The predicted molar refractivity (Wildman–Crippen MR) is 92.6 cm³/mol. The number of hydrogen-bond donors (Lipinski definition) is 1. The number of rotatable bonds is 8.